The average molecular weight is 261 g/mol. The average Bonchev–Trinajstić information content (AvgIpc) is 2.84. The van der Waals surface area contributed by atoms with E-state index in [0.717, 1.165) is 24.4 Å². The van der Waals surface area contributed by atoms with Crippen LogP contribution in [0.3, 0.4) is 0 Å². The molecule has 2 heterocycles. The maximum Gasteiger partial charge on any atom is 0.257 e. The van der Waals surface area contributed by atoms with Crippen LogP contribution in [-0.4, -0.2) is 33.2 Å². The van der Waals surface area contributed by atoms with Crippen molar-refractivity contribution >= 4 is 5.91 Å². The van der Waals surface area contributed by atoms with Crippen molar-refractivity contribution in [1.82, 2.24) is 14.7 Å². The zero-order valence-corrected chi connectivity index (χ0v) is 11.9. The van der Waals surface area contributed by atoms with E-state index < -0.39 is 0 Å². The standard InChI is InChI=1S/C15H23N3O/c1-11-5-3-6-12-7-4-8-18(14(11)12)15(19)13-9-16-17(2)10-13/h9-12,14H,3-8H2,1-2H3/t11-,12+,14+/m1/s1. The SMILES string of the molecule is C[C@@H]1CCC[C@H]2CCCN(C(=O)c3cnn(C)c3)[C@H]21. The Morgan fingerprint density at radius 2 is 2.11 bits per heavy atom. The van der Waals surface area contributed by atoms with E-state index in [9.17, 15) is 4.79 Å². The van der Waals surface area contributed by atoms with Gasteiger partial charge in [-0.05, 0) is 37.5 Å². The highest BCUT2D eigenvalue weighted by atomic mass is 16.2. The Morgan fingerprint density at radius 1 is 1.32 bits per heavy atom. The minimum atomic E-state index is 0.177. The lowest BCUT2D eigenvalue weighted by Gasteiger charge is -2.47. The van der Waals surface area contributed by atoms with Crippen LogP contribution in [0.2, 0.25) is 0 Å². The van der Waals surface area contributed by atoms with Crippen molar-refractivity contribution in [3.63, 3.8) is 0 Å². The number of aromatic nitrogens is 2. The van der Waals surface area contributed by atoms with E-state index in [2.05, 4.69) is 16.9 Å². The molecule has 2 aliphatic rings. The smallest absolute Gasteiger partial charge is 0.257 e. The van der Waals surface area contributed by atoms with Gasteiger partial charge >= 0.3 is 0 Å². The summed E-state index contributed by atoms with van der Waals surface area (Å²) in [4.78, 5) is 14.8. The molecule has 0 radical (unpaired) electrons. The van der Waals surface area contributed by atoms with Gasteiger partial charge in [-0.1, -0.05) is 13.3 Å². The van der Waals surface area contributed by atoms with E-state index in [1.165, 1.54) is 25.7 Å². The van der Waals surface area contributed by atoms with Crippen LogP contribution in [-0.2, 0) is 7.05 Å². The lowest BCUT2D eigenvalue weighted by molar-refractivity contribution is 0.0211. The molecule has 1 saturated heterocycles. The summed E-state index contributed by atoms with van der Waals surface area (Å²) in [6.45, 7) is 3.23. The van der Waals surface area contributed by atoms with Crippen LogP contribution in [0.25, 0.3) is 0 Å². The summed E-state index contributed by atoms with van der Waals surface area (Å²) in [5.41, 5.74) is 0.737. The molecule has 1 aromatic rings. The van der Waals surface area contributed by atoms with E-state index >= 15 is 0 Å². The molecule has 0 N–H and O–H groups in total. The number of nitrogens with zero attached hydrogens (tertiary/aromatic N) is 3. The molecule has 4 nitrogen and oxygen atoms in total. The summed E-state index contributed by atoms with van der Waals surface area (Å²) in [6.07, 6.45) is 9.87. The van der Waals surface area contributed by atoms with Crippen LogP contribution in [0.15, 0.2) is 12.4 Å². The summed E-state index contributed by atoms with van der Waals surface area (Å²) < 4.78 is 1.71. The van der Waals surface area contributed by atoms with Crippen LogP contribution in [0.5, 0.6) is 0 Å². The van der Waals surface area contributed by atoms with Gasteiger partial charge in [0, 0.05) is 25.8 Å². The number of aryl methyl sites for hydroxylation is 1. The van der Waals surface area contributed by atoms with E-state index in [1.807, 2.05) is 13.2 Å². The Morgan fingerprint density at radius 3 is 2.84 bits per heavy atom. The highest BCUT2D eigenvalue weighted by Crippen LogP contribution is 2.39. The van der Waals surface area contributed by atoms with E-state index in [0.29, 0.717) is 12.0 Å². The van der Waals surface area contributed by atoms with Crippen molar-refractivity contribution in [2.75, 3.05) is 6.54 Å². The van der Waals surface area contributed by atoms with Gasteiger partial charge in [0.15, 0.2) is 0 Å². The predicted molar refractivity (Wildman–Crippen MR) is 73.8 cm³/mol. The Labute approximate surface area is 114 Å². The summed E-state index contributed by atoms with van der Waals surface area (Å²) in [5, 5.41) is 4.12. The fourth-order valence-electron chi connectivity index (χ4n) is 3.99. The number of rotatable bonds is 1. The minimum Gasteiger partial charge on any atom is -0.335 e. The van der Waals surface area contributed by atoms with Crippen LogP contribution in [0.4, 0.5) is 0 Å². The van der Waals surface area contributed by atoms with E-state index in [1.54, 1.807) is 10.9 Å². The first kappa shape index (κ1) is 12.7. The number of carbonyl (C=O) groups excluding carboxylic acids is 1. The summed E-state index contributed by atoms with van der Waals surface area (Å²) in [6, 6.07) is 0.454. The van der Waals surface area contributed by atoms with E-state index in [-0.39, 0.29) is 5.91 Å². The van der Waals surface area contributed by atoms with Gasteiger partial charge in [0.1, 0.15) is 0 Å². The molecule has 1 aliphatic carbocycles. The number of hydrogen-bond acceptors (Lipinski definition) is 2. The first-order chi connectivity index (χ1) is 9.16. The van der Waals surface area contributed by atoms with Gasteiger partial charge in [0.25, 0.3) is 5.91 Å². The fourth-order valence-corrected chi connectivity index (χ4v) is 3.99. The first-order valence-corrected chi connectivity index (χ1v) is 7.46. The molecule has 19 heavy (non-hydrogen) atoms. The molecule has 1 amide bonds. The van der Waals surface area contributed by atoms with Crippen molar-refractivity contribution in [1.29, 1.82) is 0 Å². The van der Waals surface area contributed by atoms with Gasteiger partial charge in [-0.2, -0.15) is 5.10 Å². The van der Waals surface area contributed by atoms with Gasteiger partial charge in [-0.3, -0.25) is 9.48 Å². The Hall–Kier alpha value is -1.32. The van der Waals surface area contributed by atoms with Gasteiger partial charge in [0.05, 0.1) is 11.8 Å². The van der Waals surface area contributed by atoms with Crippen molar-refractivity contribution in [2.24, 2.45) is 18.9 Å². The molecule has 0 aromatic carbocycles. The van der Waals surface area contributed by atoms with Gasteiger partial charge in [0.2, 0.25) is 0 Å². The van der Waals surface area contributed by atoms with Crippen molar-refractivity contribution in [2.45, 2.75) is 45.1 Å². The molecule has 1 saturated carbocycles. The van der Waals surface area contributed by atoms with Crippen molar-refractivity contribution < 1.29 is 4.79 Å². The number of piperidine rings is 1. The first-order valence-electron chi connectivity index (χ1n) is 7.46. The number of amides is 1. The highest BCUT2D eigenvalue weighted by molar-refractivity contribution is 5.94. The quantitative estimate of drug-likeness (QED) is 0.779. The van der Waals surface area contributed by atoms with E-state index in [4.69, 9.17) is 0 Å². The van der Waals surface area contributed by atoms with Crippen LogP contribution in [0.1, 0.15) is 49.4 Å². The molecule has 1 aliphatic heterocycles. The zero-order valence-electron chi connectivity index (χ0n) is 11.9. The van der Waals surface area contributed by atoms with Gasteiger partial charge in [-0.15, -0.1) is 0 Å². The van der Waals surface area contributed by atoms with Crippen molar-refractivity contribution in [3.8, 4) is 0 Å². The maximum absolute atomic E-state index is 12.7. The number of likely N-dealkylation sites (tertiary alicyclic amines) is 1. The third-order valence-corrected chi connectivity index (χ3v) is 4.85. The molecule has 104 valence electrons. The molecule has 4 heteroatoms. The van der Waals surface area contributed by atoms with Gasteiger partial charge < -0.3 is 4.90 Å². The highest BCUT2D eigenvalue weighted by Gasteiger charge is 2.39. The van der Waals surface area contributed by atoms with Crippen LogP contribution < -0.4 is 0 Å². The third kappa shape index (κ3) is 2.28. The van der Waals surface area contributed by atoms with Gasteiger partial charge in [-0.25, -0.2) is 0 Å². The fraction of sp³-hybridized carbons (Fsp3) is 0.733. The second-order valence-electron chi connectivity index (χ2n) is 6.20. The molecule has 3 atom stereocenters. The Balaban J connectivity index is 1.83. The van der Waals surface area contributed by atoms with Crippen molar-refractivity contribution in [3.05, 3.63) is 18.0 Å². The summed E-state index contributed by atoms with van der Waals surface area (Å²) in [5.74, 6) is 1.54. The monoisotopic (exact) mass is 261 g/mol. The lowest BCUT2D eigenvalue weighted by Crippen LogP contribution is -2.53. The molecule has 1 aromatic heterocycles. The minimum absolute atomic E-state index is 0.177. The summed E-state index contributed by atoms with van der Waals surface area (Å²) in [7, 11) is 1.86. The molecule has 0 unspecified atom stereocenters. The summed E-state index contributed by atoms with van der Waals surface area (Å²) >= 11 is 0. The molecule has 3 rings (SSSR count). The molecule has 0 bridgehead atoms. The maximum atomic E-state index is 12.7. The molecular weight excluding hydrogens is 238 g/mol. The predicted octanol–water partition coefficient (Wildman–Crippen LogP) is 2.46. The topological polar surface area (TPSA) is 38.1 Å². The molecule has 0 spiro atoms. The normalized spacial score (nSPS) is 31.1. The number of hydrogen-bond donors (Lipinski definition) is 0. The Bertz CT molecular complexity index is 466. The second-order valence-corrected chi connectivity index (χ2v) is 6.20. The third-order valence-electron chi connectivity index (χ3n) is 4.85. The zero-order chi connectivity index (χ0) is 13.4. The largest absolute Gasteiger partial charge is 0.335 e. The lowest BCUT2D eigenvalue weighted by atomic mass is 9.73. The number of fused-ring (bicyclic) bond motifs is 1. The van der Waals surface area contributed by atoms with Crippen LogP contribution >= 0.6 is 0 Å². The second kappa shape index (κ2) is 4.99. The molecular formula is C15H23N3O. The molecule has 2 fully saturated rings. The van der Waals surface area contributed by atoms with Crippen LogP contribution in [0, 0.1) is 11.8 Å². The Kier molecular flexibility index (Phi) is 3.33. The number of carbonyl (C=O) groups is 1.